The van der Waals surface area contributed by atoms with E-state index in [4.69, 9.17) is 9.72 Å². The van der Waals surface area contributed by atoms with Gasteiger partial charge in [0.25, 0.3) is 5.91 Å². The number of imidazole rings is 1. The normalized spacial score (nSPS) is 18.6. The minimum absolute atomic E-state index is 0.0842. The third kappa shape index (κ3) is 3.65. The van der Waals surface area contributed by atoms with Crippen molar-refractivity contribution >= 4 is 29.4 Å². The monoisotopic (exact) mass is 543 g/mol. The van der Waals surface area contributed by atoms with Gasteiger partial charge in [0.1, 0.15) is 30.4 Å². The Morgan fingerprint density at radius 2 is 1.74 bits per heavy atom. The first-order valence-electron chi connectivity index (χ1n) is 11.9. The van der Waals surface area contributed by atoms with Crippen molar-refractivity contribution in [3.8, 4) is 16.9 Å². The SMILES string of the molecule is CN1C(=O)c2cccc(OC(F)F)c2[C@H]2C[C@@H]1c1nc3ccc(-c4cc(F)c(P(C)(C)=O)c(F)c4)cc3n12. The number of carbonyl (C=O) groups excluding carboxylic acids is 1. The maximum atomic E-state index is 14.8. The lowest BCUT2D eigenvalue weighted by Gasteiger charge is -2.24. The van der Waals surface area contributed by atoms with Crippen molar-refractivity contribution in [2.45, 2.75) is 25.1 Å². The number of alkyl halides is 2. The molecule has 3 heterocycles. The summed E-state index contributed by atoms with van der Waals surface area (Å²) in [5.41, 5.74) is 2.56. The average Bonchev–Trinajstić information content (AvgIpc) is 3.35. The first kappa shape index (κ1) is 24.7. The largest absolute Gasteiger partial charge is 0.434 e. The molecule has 38 heavy (non-hydrogen) atoms. The number of amides is 1. The second-order valence-electron chi connectivity index (χ2n) is 9.96. The summed E-state index contributed by atoms with van der Waals surface area (Å²) < 4.78 is 75.3. The van der Waals surface area contributed by atoms with Crippen molar-refractivity contribution in [3.63, 3.8) is 0 Å². The highest BCUT2D eigenvalue weighted by molar-refractivity contribution is 7.70. The van der Waals surface area contributed by atoms with E-state index in [2.05, 4.69) is 0 Å². The van der Waals surface area contributed by atoms with E-state index in [1.165, 1.54) is 25.5 Å². The number of nitrogens with zero attached hydrogens (tertiary/aromatic N) is 3. The van der Waals surface area contributed by atoms with E-state index in [0.717, 1.165) is 12.1 Å². The molecule has 1 amide bonds. The number of fused-ring (bicyclic) bond motifs is 9. The van der Waals surface area contributed by atoms with Crippen molar-refractivity contribution in [2.24, 2.45) is 0 Å². The Bertz CT molecular complexity index is 1670. The standard InChI is InChI=1S/C27H22F4N3O3P/c1-33-21-12-20(23-15(26(33)35)5-4-6-22(23)37-27(30)31)34-19-11-13(7-8-18(19)32-25(21)34)14-9-16(28)24(17(29)10-14)38(2,3)36/h4-11,20-21,27H,12H2,1-3H3/t20-,21-/m1/s1. The van der Waals surface area contributed by atoms with E-state index < -0.39 is 42.8 Å². The Morgan fingerprint density at radius 1 is 1.03 bits per heavy atom. The van der Waals surface area contributed by atoms with Gasteiger partial charge in [-0.05, 0) is 60.9 Å². The zero-order valence-corrected chi connectivity index (χ0v) is 21.5. The van der Waals surface area contributed by atoms with E-state index in [-0.39, 0.29) is 22.8 Å². The van der Waals surface area contributed by atoms with Gasteiger partial charge in [-0.2, -0.15) is 8.78 Å². The number of halogens is 4. The Hall–Kier alpha value is -3.65. The zero-order valence-electron chi connectivity index (χ0n) is 20.6. The van der Waals surface area contributed by atoms with E-state index in [9.17, 15) is 26.9 Å². The summed E-state index contributed by atoms with van der Waals surface area (Å²) >= 11 is 0. The molecule has 4 aromatic rings. The lowest BCUT2D eigenvalue weighted by molar-refractivity contribution is -0.0507. The third-order valence-electron chi connectivity index (χ3n) is 7.30. The zero-order chi connectivity index (χ0) is 27.1. The third-order valence-corrected chi connectivity index (χ3v) is 8.80. The number of benzene rings is 3. The second-order valence-corrected chi connectivity index (χ2v) is 13.1. The fourth-order valence-electron chi connectivity index (χ4n) is 5.71. The van der Waals surface area contributed by atoms with Gasteiger partial charge < -0.3 is 18.8 Å². The Kier molecular flexibility index (Phi) is 5.47. The molecule has 2 bridgehead atoms. The van der Waals surface area contributed by atoms with Gasteiger partial charge in [-0.25, -0.2) is 13.8 Å². The van der Waals surface area contributed by atoms with E-state index in [1.54, 1.807) is 36.2 Å². The predicted octanol–water partition coefficient (Wildman–Crippen LogP) is 5.95. The molecule has 0 saturated carbocycles. The fraction of sp³-hybridized carbons (Fsp3) is 0.259. The Balaban J connectivity index is 1.55. The van der Waals surface area contributed by atoms with Crippen LogP contribution in [0.4, 0.5) is 17.6 Å². The first-order valence-corrected chi connectivity index (χ1v) is 14.5. The van der Waals surface area contributed by atoms with Crippen LogP contribution in [0.25, 0.3) is 22.2 Å². The molecule has 2 aliphatic heterocycles. The van der Waals surface area contributed by atoms with Crippen LogP contribution in [0.15, 0.2) is 48.5 Å². The highest BCUT2D eigenvalue weighted by Crippen LogP contribution is 2.50. The summed E-state index contributed by atoms with van der Waals surface area (Å²) in [7, 11) is -1.53. The van der Waals surface area contributed by atoms with Crippen LogP contribution in [-0.2, 0) is 4.57 Å². The van der Waals surface area contributed by atoms with Crippen LogP contribution in [0.3, 0.4) is 0 Å². The molecule has 0 N–H and O–H groups in total. The van der Waals surface area contributed by atoms with Crippen molar-refractivity contribution in [1.29, 1.82) is 0 Å². The highest BCUT2D eigenvalue weighted by Gasteiger charge is 2.45. The summed E-state index contributed by atoms with van der Waals surface area (Å²) in [6.07, 6.45) is 0.404. The van der Waals surface area contributed by atoms with Gasteiger partial charge in [0, 0.05) is 24.6 Å². The molecule has 0 aliphatic carbocycles. The van der Waals surface area contributed by atoms with E-state index in [0.29, 0.717) is 34.4 Å². The molecule has 3 aromatic carbocycles. The molecule has 6 rings (SSSR count). The summed E-state index contributed by atoms with van der Waals surface area (Å²) in [6, 6.07) is 11.0. The quantitative estimate of drug-likeness (QED) is 0.236. The minimum Gasteiger partial charge on any atom is -0.434 e. The maximum absolute atomic E-state index is 14.8. The van der Waals surface area contributed by atoms with E-state index >= 15 is 0 Å². The number of aromatic nitrogens is 2. The van der Waals surface area contributed by atoms with Crippen LogP contribution in [0.1, 0.15) is 40.3 Å². The molecule has 2 atom stereocenters. The second kappa shape index (κ2) is 8.43. The number of ether oxygens (including phenoxy) is 1. The van der Waals surface area contributed by atoms with Crippen molar-refractivity contribution < 1.29 is 31.7 Å². The van der Waals surface area contributed by atoms with Crippen LogP contribution in [0.2, 0.25) is 0 Å². The Morgan fingerprint density at radius 3 is 2.39 bits per heavy atom. The lowest BCUT2D eigenvalue weighted by atomic mass is 9.97. The molecular formula is C27H22F4N3O3P. The average molecular weight is 543 g/mol. The predicted molar refractivity (Wildman–Crippen MR) is 135 cm³/mol. The summed E-state index contributed by atoms with van der Waals surface area (Å²) in [5, 5.41) is -0.423. The fourth-order valence-corrected chi connectivity index (χ4v) is 6.86. The minimum atomic E-state index is -3.18. The van der Waals surface area contributed by atoms with Crippen LogP contribution in [0.5, 0.6) is 5.75 Å². The van der Waals surface area contributed by atoms with E-state index in [1.807, 2.05) is 4.57 Å². The molecule has 11 heteroatoms. The lowest BCUT2D eigenvalue weighted by Crippen LogP contribution is -2.30. The molecule has 0 fully saturated rings. The van der Waals surface area contributed by atoms with Crippen molar-refractivity contribution in [1.82, 2.24) is 14.5 Å². The molecule has 1 aromatic heterocycles. The number of carbonyl (C=O) groups is 1. The molecule has 2 aliphatic rings. The first-order chi connectivity index (χ1) is 18.0. The van der Waals surface area contributed by atoms with Gasteiger partial charge >= 0.3 is 6.61 Å². The summed E-state index contributed by atoms with van der Waals surface area (Å²) in [6.45, 7) is -0.459. The van der Waals surface area contributed by atoms with Crippen LogP contribution >= 0.6 is 7.14 Å². The topological polar surface area (TPSA) is 64.4 Å². The van der Waals surface area contributed by atoms with Gasteiger partial charge in [0.15, 0.2) is 0 Å². The van der Waals surface area contributed by atoms with Gasteiger partial charge in [-0.1, -0.05) is 12.1 Å². The van der Waals surface area contributed by atoms with Gasteiger partial charge in [0.2, 0.25) is 0 Å². The molecule has 0 saturated heterocycles. The van der Waals surface area contributed by atoms with Crippen molar-refractivity contribution in [2.75, 3.05) is 20.4 Å². The smallest absolute Gasteiger partial charge is 0.387 e. The van der Waals surface area contributed by atoms with Crippen molar-refractivity contribution in [3.05, 3.63) is 77.1 Å². The van der Waals surface area contributed by atoms with Gasteiger partial charge in [0.05, 0.1) is 28.4 Å². The summed E-state index contributed by atoms with van der Waals surface area (Å²) in [4.78, 5) is 19.5. The van der Waals surface area contributed by atoms with Crippen LogP contribution in [0, 0.1) is 11.6 Å². The van der Waals surface area contributed by atoms with Gasteiger partial charge in [-0.3, -0.25) is 4.79 Å². The Labute approximate surface area is 215 Å². The van der Waals surface area contributed by atoms with Gasteiger partial charge in [-0.15, -0.1) is 0 Å². The number of hydrogen-bond donors (Lipinski definition) is 0. The molecule has 0 unspecified atom stereocenters. The number of hydrogen-bond acceptors (Lipinski definition) is 4. The number of rotatable bonds is 4. The maximum Gasteiger partial charge on any atom is 0.387 e. The molecular weight excluding hydrogens is 521 g/mol. The highest BCUT2D eigenvalue weighted by atomic mass is 31.2. The summed E-state index contributed by atoms with van der Waals surface area (Å²) in [5.74, 6) is -1.59. The molecule has 6 nitrogen and oxygen atoms in total. The van der Waals surface area contributed by atoms with Crippen LogP contribution in [-0.4, -0.2) is 47.3 Å². The molecule has 0 spiro atoms. The van der Waals surface area contributed by atoms with Crippen LogP contribution < -0.4 is 10.0 Å². The molecule has 0 radical (unpaired) electrons. The molecule has 196 valence electrons.